The fraction of sp³-hybridized carbons (Fsp3) is 0.562. The molecule has 1 aromatic heterocycles. The van der Waals surface area contributed by atoms with Gasteiger partial charge in [0.05, 0.1) is 30.4 Å². The monoisotopic (exact) mass is 319 g/mol. The van der Waals surface area contributed by atoms with Gasteiger partial charge in [-0.05, 0) is 18.6 Å². The van der Waals surface area contributed by atoms with Crippen molar-refractivity contribution in [1.29, 1.82) is 0 Å². The van der Waals surface area contributed by atoms with Crippen molar-refractivity contribution >= 4 is 17.6 Å². The van der Waals surface area contributed by atoms with Gasteiger partial charge in [-0.2, -0.15) is 0 Å². The highest BCUT2D eigenvalue weighted by atomic mass is 16.5. The van der Waals surface area contributed by atoms with Crippen molar-refractivity contribution in [3.05, 3.63) is 24.5 Å². The molecule has 2 fully saturated rings. The Morgan fingerprint density at radius 1 is 1.48 bits per heavy atom. The third-order valence-corrected chi connectivity index (χ3v) is 4.46. The van der Waals surface area contributed by atoms with E-state index in [1.165, 1.54) is 0 Å². The topological polar surface area (TPSA) is 91.8 Å². The molecule has 7 heteroatoms. The number of pyridine rings is 1. The number of nitrogens with zero attached hydrogens (tertiary/aromatic N) is 2. The molecule has 3 rings (SSSR count). The number of amides is 1. The van der Waals surface area contributed by atoms with E-state index in [1.807, 2.05) is 12.1 Å². The molecule has 0 bridgehead atoms. The second-order valence-electron chi connectivity index (χ2n) is 6.24. The zero-order valence-corrected chi connectivity index (χ0v) is 12.9. The van der Waals surface area contributed by atoms with Crippen LogP contribution in [0.3, 0.4) is 0 Å². The Balaban J connectivity index is 1.52. The number of carboxylic acids is 1. The normalized spacial score (nSPS) is 26.6. The maximum Gasteiger partial charge on any atom is 0.303 e. The maximum atomic E-state index is 12.0. The highest BCUT2D eigenvalue weighted by Crippen LogP contribution is 2.36. The standard InChI is InChI=1S/C16H21N3O4/c20-14(3-4-15(21)22)19-7-5-16(11-19)8-13(10-23-16)18-12-2-1-6-17-9-12/h1-2,6,9,13,18H,3-5,7-8,10-11H2,(H,21,22). The summed E-state index contributed by atoms with van der Waals surface area (Å²) in [5, 5.41) is 12.1. The summed E-state index contributed by atoms with van der Waals surface area (Å²) >= 11 is 0. The van der Waals surface area contributed by atoms with Gasteiger partial charge in [0.15, 0.2) is 0 Å². The number of carbonyl (C=O) groups is 2. The predicted octanol–water partition coefficient (Wildman–Crippen LogP) is 1.12. The Kier molecular flexibility index (Phi) is 4.47. The number of ether oxygens (including phenoxy) is 1. The lowest BCUT2D eigenvalue weighted by atomic mass is 9.97. The summed E-state index contributed by atoms with van der Waals surface area (Å²) in [4.78, 5) is 28.4. The second kappa shape index (κ2) is 6.54. The maximum absolute atomic E-state index is 12.0. The van der Waals surface area contributed by atoms with Gasteiger partial charge < -0.3 is 20.1 Å². The minimum atomic E-state index is -0.940. The minimum absolute atomic E-state index is 0.0583. The molecule has 7 nitrogen and oxygen atoms in total. The average molecular weight is 319 g/mol. The SMILES string of the molecule is O=C(O)CCC(=O)N1CCC2(CC(Nc3cccnc3)CO2)C1. The molecule has 2 N–H and O–H groups in total. The van der Waals surface area contributed by atoms with Crippen LogP contribution < -0.4 is 5.32 Å². The van der Waals surface area contributed by atoms with Crippen molar-refractivity contribution in [3.8, 4) is 0 Å². The van der Waals surface area contributed by atoms with Gasteiger partial charge in [0.2, 0.25) is 5.91 Å². The first-order valence-corrected chi connectivity index (χ1v) is 7.86. The molecule has 1 aromatic rings. The fourth-order valence-electron chi connectivity index (χ4n) is 3.33. The van der Waals surface area contributed by atoms with E-state index in [0.717, 1.165) is 18.5 Å². The number of aliphatic carboxylic acids is 1. The fourth-order valence-corrected chi connectivity index (χ4v) is 3.33. The lowest BCUT2D eigenvalue weighted by Crippen LogP contribution is -2.36. The van der Waals surface area contributed by atoms with Gasteiger partial charge in [-0.15, -0.1) is 0 Å². The first kappa shape index (κ1) is 15.7. The van der Waals surface area contributed by atoms with E-state index >= 15 is 0 Å². The summed E-state index contributed by atoms with van der Waals surface area (Å²) in [6, 6.07) is 4.05. The molecule has 2 aliphatic heterocycles. The molecule has 2 unspecified atom stereocenters. The van der Waals surface area contributed by atoms with Crippen LogP contribution in [-0.2, 0) is 14.3 Å². The molecule has 0 radical (unpaired) electrons. The van der Waals surface area contributed by atoms with Crippen LogP contribution in [-0.4, -0.2) is 58.2 Å². The number of aromatic nitrogens is 1. The van der Waals surface area contributed by atoms with E-state index in [0.29, 0.717) is 19.7 Å². The van der Waals surface area contributed by atoms with Crippen LogP contribution in [0.15, 0.2) is 24.5 Å². The van der Waals surface area contributed by atoms with Crippen LogP contribution in [0, 0.1) is 0 Å². The summed E-state index contributed by atoms with van der Waals surface area (Å²) in [5.41, 5.74) is 0.671. The van der Waals surface area contributed by atoms with Gasteiger partial charge >= 0.3 is 5.97 Å². The number of anilines is 1. The van der Waals surface area contributed by atoms with Crippen molar-refractivity contribution in [1.82, 2.24) is 9.88 Å². The number of carbonyl (C=O) groups excluding carboxylic acids is 1. The molecule has 3 heterocycles. The highest BCUT2D eigenvalue weighted by molar-refractivity contribution is 5.81. The van der Waals surface area contributed by atoms with Gasteiger partial charge in [0.25, 0.3) is 0 Å². The average Bonchev–Trinajstić information content (AvgIpc) is 3.13. The molecule has 124 valence electrons. The van der Waals surface area contributed by atoms with Crippen LogP contribution in [0.2, 0.25) is 0 Å². The second-order valence-corrected chi connectivity index (χ2v) is 6.24. The molecule has 2 saturated heterocycles. The van der Waals surface area contributed by atoms with Crippen molar-refractivity contribution in [2.75, 3.05) is 25.0 Å². The first-order chi connectivity index (χ1) is 11.1. The number of hydrogen-bond acceptors (Lipinski definition) is 5. The largest absolute Gasteiger partial charge is 0.481 e. The predicted molar refractivity (Wildman–Crippen MR) is 83.0 cm³/mol. The van der Waals surface area contributed by atoms with E-state index in [9.17, 15) is 9.59 Å². The van der Waals surface area contributed by atoms with Crippen LogP contribution >= 0.6 is 0 Å². The Morgan fingerprint density at radius 2 is 2.35 bits per heavy atom. The minimum Gasteiger partial charge on any atom is -0.481 e. The summed E-state index contributed by atoms with van der Waals surface area (Å²) in [5.74, 6) is -1.04. The van der Waals surface area contributed by atoms with Gasteiger partial charge in [-0.3, -0.25) is 14.6 Å². The Bertz CT molecular complexity index is 580. The zero-order valence-electron chi connectivity index (χ0n) is 12.9. The van der Waals surface area contributed by atoms with Crippen molar-refractivity contribution in [2.24, 2.45) is 0 Å². The molecular formula is C16H21N3O4. The Morgan fingerprint density at radius 3 is 3.09 bits per heavy atom. The van der Waals surface area contributed by atoms with Gasteiger partial charge in [-0.1, -0.05) is 0 Å². The first-order valence-electron chi connectivity index (χ1n) is 7.86. The molecule has 0 aromatic carbocycles. The smallest absolute Gasteiger partial charge is 0.303 e. The van der Waals surface area contributed by atoms with Crippen LogP contribution in [0.25, 0.3) is 0 Å². The molecule has 23 heavy (non-hydrogen) atoms. The van der Waals surface area contributed by atoms with E-state index in [1.54, 1.807) is 17.3 Å². The zero-order chi connectivity index (χ0) is 16.3. The van der Waals surface area contributed by atoms with Crippen LogP contribution in [0.1, 0.15) is 25.7 Å². The lowest BCUT2D eigenvalue weighted by Gasteiger charge is -2.23. The molecule has 0 aliphatic carbocycles. The summed E-state index contributed by atoms with van der Waals surface area (Å²) in [6.07, 6.45) is 5.09. The van der Waals surface area contributed by atoms with E-state index in [-0.39, 0.29) is 30.4 Å². The van der Waals surface area contributed by atoms with Gasteiger partial charge in [0.1, 0.15) is 0 Å². The van der Waals surface area contributed by atoms with E-state index in [4.69, 9.17) is 9.84 Å². The highest BCUT2D eigenvalue weighted by Gasteiger charge is 2.46. The number of rotatable bonds is 5. The Labute approximate surface area is 134 Å². The third-order valence-electron chi connectivity index (χ3n) is 4.46. The molecule has 0 saturated carbocycles. The number of nitrogens with one attached hydrogen (secondary N) is 1. The summed E-state index contributed by atoms with van der Waals surface area (Å²) in [7, 11) is 0. The molecular weight excluding hydrogens is 298 g/mol. The Hall–Kier alpha value is -2.15. The van der Waals surface area contributed by atoms with Crippen molar-refractivity contribution in [2.45, 2.75) is 37.3 Å². The molecule has 2 aliphatic rings. The van der Waals surface area contributed by atoms with Gasteiger partial charge in [-0.25, -0.2) is 0 Å². The van der Waals surface area contributed by atoms with E-state index in [2.05, 4.69) is 10.3 Å². The number of likely N-dealkylation sites (tertiary alicyclic amines) is 1. The van der Waals surface area contributed by atoms with Crippen LogP contribution in [0.5, 0.6) is 0 Å². The number of carboxylic acid groups (broad SMARTS) is 1. The van der Waals surface area contributed by atoms with Crippen LogP contribution in [0.4, 0.5) is 5.69 Å². The number of hydrogen-bond donors (Lipinski definition) is 2. The van der Waals surface area contributed by atoms with Crippen molar-refractivity contribution < 1.29 is 19.4 Å². The third kappa shape index (κ3) is 3.79. The molecule has 2 atom stereocenters. The molecule has 1 amide bonds. The quantitative estimate of drug-likeness (QED) is 0.845. The van der Waals surface area contributed by atoms with E-state index < -0.39 is 5.97 Å². The van der Waals surface area contributed by atoms with Crippen molar-refractivity contribution in [3.63, 3.8) is 0 Å². The molecule has 1 spiro atoms. The van der Waals surface area contributed by atoms with Gasteiger partial charge in [0, 0.05) is 38.3 Å². The summed E-state index contributed by atoms with van der Waals surface area (Å²) < 4.78 is 6.00. The lowest BCUT2D eigenvalue weighted by molar-refractivity contribution is -0.140. The summed E-state index contributed by atoms with van der Waals surface area (Å²) in [6.45, 7) is 1.79.